The lowest BCUT2D eigenvalue weighted by Crippen LogP contribution is -2.20. The lowest BCUT2D eigenvalue weighted by Gasteiger charge is -2.15. The SMILES string of the molecule is CN(C)c1ccc(NC(=S)Nc2cccc(OC(F)(F)F)c2)cc1. The van der Waals surface area contributed by atoms with Crippen LogP contribution in [0.1, 0.15) is 0 Å². The van der Waals surface area contributed by atoms with E-state index in [-0.39, 0.29) is 10.9 Å². The van der Waals surface area contributed by atoms with E-state index in [4.69, 9.17) is 12.2 Å². The molecule has 0 amide bonds. The van der Waals surface area contributed by atoms with Crippen LogP contribution >= 0.6 is 12.2 Å². The van der Waals surface area contributed by atoms with E-state index >= 15 is 0 Å². The third-order valence-corrected chi connectivity index (χ3v) is 3.17. The van der Waals surface area contributed by atoms with E-state index in [2.05, 4.69) is 15.4 Å². The summed E-state index contributed by atoms with van der Waals surface area (Å²) in [6, 6.07) is 13.0. The zero-order valence-electron chi connectivity index (χ0n) is 13.0. The molecule has 24 heavy (non-hydrogen) atoms. The minimum absolute atomic E-state index is 0.261. The molecule has 0 aliphatic carbocycles. The molecule has 0 radical (unpaired) electrons. The quantitative estimate of drug-likeness (QED) is 0.792. The first-order chi connectivity index (χ1) is 11.2. The van der Waals surface area contributed by atoms with Gasteiger partial charge in [0, 0.05) is 37.2 Å². The van der Waals surface area contributed by atoms with Crippen LogP contribution in [0.25, 0.3) is 0 Å². The molecule has 0 aliphatic rings. The van der Waals surface area contributed by atoms with Crippen LogP contribution in [-0.2, 0) is 0 Å². The molecule has 0 aromatic heterocycles. The monoisotopic (exact) mass is 355 g/mol. The summed E-state index contributed by atoms with van der Waals surface area (Å²) in [5.41, 5.74) is 2.19. The first-order valence-electron chi connectivity index (χ1n) is 6.94. The third kappa shape index (κ3) is 5.62. The highest BCUT2D eigenvalue weighted by molar-refractivity contribution is 7.80. The van der Waals surface area contributed by atoms with Crippen molar-refractivity contribution >= 4 is 34.4 Å². The first-order valence-corrected chi connectivity index (χ1v) is 7.35. The van der Waals surface area contributed by atoms with Crippen molar-refractivity contribution in [2.24, 2.45) is 0 Å². The fourth-order valence-electron chi connectivity index (χ4n) is 1.91. The number of alkyl halides is 3. The van der Waals surface area contributed by atoms with E-state index in [9.17, 15) is 13.2 Å². The second-order valence-electron chi connectivity index (χ2n) is 5.10. The summed E-state index contributed by atoms with van der Waals surface area (Å²) in [5.74, 6) is -0.314. The topological polar surface area (TPSA) is 36.5 Å². The molecule has 0 atom stereocenters. The first kappa shape index (κ1) is 17.9. The smallest absolute Gasteiger partial charge is 0.406 e. The van der Waals surface area contributed by atoms with Crippen LogP contribution in [-0.4, -0.2) is 25.6 Å². The highest BCUT2D eigenvalue weighted by Crippen LogP contribution is 2.25. The number of anilines is 3. The van der Waals surface area contributed by atoms with Gasteiger partial charge in [-0.05, 0) is 48.6 Å². The summed E-state index contributed by atoms with van der Waals surface area (Å²) in [5, 5.41) is 6.04. The van der Waals surface area contributed by atoms with Gasteiger partial charge in [0.05, 0.1) is 0 Å². The molecule has 0 aliphatic heterocycles. The predicted molar refractivity (Wildman–Crippen MR) is 93.7 cm³/mol. The van der Waals surface area contributed by atoms with Crippen molar-refractivity contribution in [1.29, 1.82) is 0 Å². The number of hydrogen-bond donors (Lipinski definition) is 2. The number of rotatable bonds is 4. The van der Waals surface area contributed by atoms with Crippen molar-refractivity contribution in [2.75, 3.05) is 29.6 Å². The standard InChI is InChI=1S/C16H16F3N3OS/c1-22(2)13-8-6-11(7-9-13)20-15(24)21-12-4-3-5-14(10-12)23-16(17,18)19/h3-10H,1-2H3,(H2,20,21,24). The Kier molecular flexibility index (Phi) is 5.50. The largest absolute Gasteiger partial charge is 0.573 e. The highest BCUT2D eigenvalue weighted by Gasteiger charge is 2.31. The fraction of sp³-hybridized carbons (Fsp3) is 0.188. The lowest BCUT2D eigenvalue weighted by molar-refractivity contribution is -0.274. The number of nitrogens with zero attached hydrogens (tertiary/aromatic N) is 1. The molecule has 4 nitrogen and oxygen atoms in total. The molecule has 0 spiro atoms. The van der Waals surface area contributed by atoms with E-state index in [1.807, 2.05) is 43.3 Å². The van der Waals surface area contributed by atoms with E-state index in [1.54, 1.807) is 6.07 Å². The van der Waals surface area contributed by atoms with Gasteiger partial charge in [-0.3, -0.25) is 0 Å². The van der Waals surface area contributed by atoms with Gasteiger partial charge < -0.3 is 20.3 Å². The van der Waals surface area contributed by atoms with E-state index in [0.29, 0.717) is 5.69 Å². The van der Waals surface area contributed by atoms with Crippen molar-refractivity contribution in [1.82, 2.24) is 0 Å². The number of hydrogen-bond acceptors (Lipinski definition) is 3. The molecular weight excluding hydrogens is 339 g/mol. The van der Waals surface area contributed by atoms with Gasteiger partial charge in [-0.15, -0.1) is 13.2 Å². The van der Waals surface area contributed by atoms with Gasteiger partial charge in [0.25, 0.3) is 0 Å². The van der Waals surface area contributed by atoms with E-state index in [0.717, 1.165) is 11.4 Å². The van der Waals surface area contributed by atoms with Crippen LogP contribution in [0, 0.1) is 0 Å². The Labute approximate surface area is 143 Å². The molecule has 2 aromatic carbocycles. The van der Waals surface area contributed by atoms with Crippen LogP contribution in [0.2, 0.25) is 0 Å². The Hall–Kier alpha value is -2.48. The number of nitrogens with one attached hydrogen (secondary N) is 2. The van der Waals surface area contributed by atoms with Crippen LogP contribution in [0.3, 0.4) is 0 Å². The summed E-state index contributed by atoms with van der Waals surface area (Å²) in [6.45, 7) is 0. The normalized spacial score (nSPS) is 10.9. The molecule has 2 rings (SSSR count). The molecule has 0 heterocycles. The molecule has 0 bridgehead atoms. The van der Waals surface area contributed by atoms with Gasteiger partial charge >= 0.3 is 6.36 Å². The van der Waals surface area contributed by atoms with Gasteiger partial charge in [0.1, 0.15) is 5.75 Å². The van der Waals surface area contributed by atoms with Crippen LogP contribution in [0.4, 0.5) is 30.2 Å². The molecule has 128 valence electrons. The number of thiocarbonyl (C=S) groups is 1. The zero-order valence-corrected chi connectivity index (χ0v) is 13.8. The Bertz CT molecular complexity index is 702. The Morgan fingerprint density at radius 3 is 2.21 bits per heavy atom. The maximum Gasteiger partial charge on any atom is 0.573 e. The number of benzene rings is 2. The second-order valence-corrected chi connectivity index (χ2v) is 5.50. The van der Waals surface area contributed by atoms with Crippen molar-refractivity contribution < 1.29 is 17.9 Å². The number of ether oxygens (including phenoxy) is 1. The van der Waals surface area contributed by atoms with Gasteiger partial charge in [0.15, 0.2) is 5.11 Å². The Morgan fingerprint density at radius 1 is 1.00 bits per heavy atom. The van der Waals surface area contributed by atoms with E-state index < -0.39 is 6.36 Å². The van der Waals surface area contributed by atoms with Crippen molar-refractivity contribution in [3.8, 4) is 5.75 Å². The molecule has 0 fully saturated rings. The average molecular weight is 355 g/mol. The van der Waals surface area contributed by atoms with Crippen LogP contribution in [0.15, 0.2) is 48.5 Å². The maximum absolute atomic E-state index is 12.2. The third-order valence-electron chi connectivity index (χ3n) is 2.97. The van der Waals surface area contributed by atoms with Gasteiger partial charge in [-0.2, -0.15) is 0 Å². The average Bonchev–Trinajstić information content (AvgIpc) is 2.46. The van der Waals surface area contributed by atoms with Gasteiger partial charge in [-0.1, -0.05) is 6.07 Å². The lowest BCUT2D eigenvalue weighted by atomic mass is 10.2. The van der Waals surface area contributed by atoms with Crippen molar-refractivity contribution in [3.63, 3.8) is 0 Å². The van der Waals surface area contributed by atoms with Crippen molar-refractivity contribution in [3.05, 3.63) is 48.5 Å². The van der Waals surface area contributed by atoms with Gasteiger partial charge in [0.2, 0.25) is 0 Å². The Balaban J connectivity index is 1.98. The zero-order chi connectivity index (χ0) is 17.7. The maximum atomic E-state index is 12.2. The molecule has 2 aromatic rings. The highest BCUT2D eigenvalue weighted by atomic mass is 32.1. The predicted octanol–water partition coefficient (Wildman–Crippen LogP) is 4.46. The minimum Gasteiger partial charge on any atom is -0.406 e. The molecular formula is C16H16F3N3OS. The fourth-order valence-corrected chi connectivity index (χ4v) is 2.14. The minimum atomic E-state index is -4.73. The van der Waals surface area contributed by atoms with E-state index in [1.165, 1.54) is 18.2 Å². The second kappa shape index (κ2) is 7.39. The molecule has 0 saturated carbocycles. The van der Waals surface area contributed by atoms with Crippen LogP contribution in [0.5, 0.6) is 5.75 Å². The summed E-state index contributed by atoms with van der Waals surface area (Å²) < 4.78 is 40.6. The van der Waals surface area contributed by atoms with Gasteiger partial charge in [-0.25, -0.2) is 0 Å². The van der Waals surface area contributed by atoms with Crippen molar-refractivity contribution in [2.45, 2.75) is 6.36 Å². The summed E-state index contributed by atoms with van der Waals surface area (Å²) in [6.07, 6.45) is -4.73. The molecule has 0 unspecified atom stereocenters. The summed E-state index contributed by atoms with van der Waals surface area (Å²) in [7, 11) is 3.87. The summed E-state index contributed by atoms with van der Waals surface area (Å²) in [4.78, 5) is 1.96. The molecule has 2 N–H and O–H groups in total. The molecule has 0 saturated heterocycles. The van der Waals surface area contributed by atoms with Crippen LogP contribution < -0.4 is 20.3 Å². The summed E-state index contributed by atoms with van der Waals surface area (Å²) >= 11 is 5.16. The molecule has 8 heteroatoms. The Morgan fingerprint density at radius 2 is 1.62 bits per heavy atom. The number of halogens is 3.